The summed E-state index contributed by atoms with van der Waals surface area (Å²) in [6, 6.07) is 8.73. The largest absolute Gasteiger partial charge is 0.366 e. The van der Waals surface area contributed by atoms with Crippen LogP contribution in [0.25, 0.3) is 11.3 Å². The van der Waals surface area contributed by atoms with Gasteiger partial charge in [-0.1, -0.05) is 6.07 Å². The summed E-state index contributed by atoms with van der Waals surface area (Å²) in [4.78, 5) is 7.70. The number of nitrogens with zero attached hydrogens (tertiary/aromatic N) is 4. The van der Waals surface area contributed by atoms with Crippen LogP contribution in [-0.4, -0.2) is 55.5 Å². The van der Waals surface area contributed by atoms with Gasteiger partial charge in [0.2, 0.25) is 0 Å². The lowest BCUT2D eigenvalue weighted by Crippen LogP contribution is -2.28. The molecule has 31 heavy (non-hydrogen) atoms. The van der Waals surface area contributed by atoms with Crippen molar-refractivity contribution in [2.75, 3.05) is 38.1 Å². The third kappa shape index (κ3) is 3.51. The van der Waals surface area contributed by atoms with E-state index in [9.17, 15) is 17.2 Å². The van der Waals surface area contributed by atoms with Crippen molar-refractivity contribution in [1.29, 1.82) is 0 Å². The van der Waals surface area contributed by atoms with E-state index < -0.39 is 26.6 Å². The number of anilines is 1. The van der Waals surface area contributed by atoms with Gasteiger partial charge in [-0.25, -0.2) is 21.2 Å². The van der Waals surface area contributed by atoms with E-state index in [0.29, 0.717) is 36.2 Å². The summed E-state index contributed by atoms with van der Waals surface area (Å²) in [5.74, 6) is -0.970. The van der Waals surface area contributed by atoms with Gasteiger partial charge >= 0.3 is 0 Å². The predicted octanol–water partition coefficient (Wildman–Crippen LogP) is 3.06. The molecule has 4 heterocycles. The van der Waals surface area contributed by atoms with Crippen molar-refractivity contribution in [2.24, 2.45) is 11.8 Å². The molecule has 0 bridgehead atoms. The number of rotatable bonds is 4. The fraction of sp³-hybridized carbons (Fsp3) is 0.318. The summed E-state index contributed by atoms with van der Waals surface area (Å²) >= 11 is 0. The van der Waals surface area contributed by atoms with E-state index in [1.165, 1.54) is 12.4 Å². The molecule has 3 aromatic rings. The van der Waals surface area contributed by atoms with Crippen LogP contribution in [0.2, 0.25) is 0 Å². The maximum Gasteiger partial charge on any atom is 0.267 e. The summed E-state index contributed by atoms with van der Waals surface area (Å²) < 4.78 is 56.9. The summed E-state index contributed by atoms with van der Waals surface area (Å²) in [6.45, 7) is 2.95. The van der Waals surface area contributed by atoms with Crippen molar-refractivity contribution in [3.05, 3.63) is 66.6 Å². The highest BCUT2D eigenvalue weighted by atomic mass is 32.2. The molecule has 0 N–H and O–H groups in total. The van der Waals surface area contributed by atoms with Crippen LogP contribution in [0, 0.1) is 23.5 Å². The number of hydrogen-bond donors (Lipinski definition) is 0. The molecule has 1 aromatic carbocycles. The van der Waals surface area contributed by atoms with E-state index in [1.807, 2.05) is 7.05 Å². The zero-order chi connectivity index (χ0) is 21.8. The molecule has 0 radical (unpaired) electrons. The summed E-state index contributed by atoms with van der Waals surface area (Å²) in [6.07, 6.45) is 4.34. The van der Waals surface area contributed by atoms with E-state index in [2.05, 4.69) is 9.88 Å². The van der Waals surface area contributed by atoms with Crippen molar-refractivity contribution >= 4 is 15.7 Å². The molecule has 5 rings (SSSR count). The molecular weight excluding hydrogens is 422 g/mol. The quantitative estimate of drug-likeness (QED) is 0.619. The Bertz CT molecular complexity index is 1190. The van der Waals surface area contributed by atoms with Gasteiger partial charge in [-0.15, -0.1) is 0 Å². The van der Waals surface area contributed by atoms with Crippen LogP contribution in [-0.2, 0) is 10.0 Å². The molecule has 2 aliphatic rings. The lowest BCUT2D eigenvalue weighted by Gasteiger charge is -2.23. The van der Waals surface area contributed by atoms with Gasteiger partial charge in [-0.05, 0) is 49.2 Å². The summed E-state index contributed by atoms with van der Waals surface area (Å²) in [5, 5.41) is 0. The molecule has 2 unspecified atom stereocenters. The molecule has 0 amide bonds. The van der Waals surface area contributed by atoms with Gasteiger partial charge in [-0.2, -0.15) is 0 Å². The zero-order valence-corrected chi connectivity index (χ0v) is 17.8. The molecule has 0 saturated carbocycles. The number of pyridine rings is 1. The fourth-order valence-corrected chi connectivity index (χ4v) is 5.96. The Morgan fingerprint density at radius 3 is 2.29 bits per heavy atom. The van der Waals surface area contributed by atoms with Crippen molar-refractivity contribution in [3.63, 3.8) is 0 Å². The highest BCUT2D eigenvalue weighted by Crippen LogP contribution is 2.36. The highest BCUT2D eigenvalue weighted by Gasteiger charge is 2.40. The van der Waals surface area contributed by atoms with Crippen molar-refractivity contribution in [1.82, 2.24) is 13.9 Å². The fourth-order valence-electron chi connectivity index (χ4n) is 4.74. The Hall–Kier alpha value is -2.78. The third-order valence-electron chi connectivity index (χ3n) is 6.18. The minimum Gasteiger partial charge on any atom is -0.366 e. The molecule has 162 valence electrons. The molecular formula is C22H22F2N4O2S. The van der Waals surface area contributed by atoms with Crippen LogP contribution in [0.1, 0.15) is 0 Å². The first kappa shape index (κ1) is 20.1. The maximum atomic E-state index is 15.0. The topological polar surface area (TPSA) is 58.4 Å². The lowest BCUT2D eigenvalue weighted by molar-refractivity contribution is 0.386. The standard InChI is InChI=1S/C22H22F2N4O2S/c1-26-10-16-12-27(13-17(16)11-26)22-19(23)8-18(9-20(22)24)31(29,30)28-7-5-15(14-28)21-4-2-3-6-25-21/h2-9,14,16-17H,10-13H2,1H3. The second-order valence-corrected chi connectivity index (χ2v) is 10.2. The van der Waals surface area contributed by atoms with Crippen LogP contribution >= 0.6 is 0 Å². The number of aromatic nitrogens is 2. The number of hydrogen-bond acceptors (Lipinski definition) is 5. The summed E-state index contributed by atoms with van der Waals surface area (Å²) in [5.41, 5.74) is 1.06. The second-order valence-electron chi connectivity index (χ2n) is 8.33. The van der Waals surface area contributed by atoms with Gasteiger partial charge in [0.15, 0.2) is 11.6 Å². The first-order valence-electron chi connectivity index (χ1n) is 10.1. The van der Waals surface area contributed by atoms with Crippen molar-refractivity contribution < 1.29 is 17.2 Å². The Morgan fingerprint density at radius 2 is 1.68 bits per heavy atom. The van der Waals surface area contributed by atoms with Crippen molar-refractivity contribution in [2.45, 2.75) is 4.90 Å². The molecule has 2 aliphatic heterocycles. The first-order valence-corrected chi connectivity index (χ1v) is 11.5. The average Bonchev–Trinajstić information content (AvgIpc) is 3.43. The maximum absolute atomic E-state index is 15.0. The number of halogens is 2. The van der Waals surface area contributed by atoms with Crippen LogP contribution in [0.3, 0.4) is 0 Å². The van der Waals surface area contributed by atoms with Crippen LogP contribution < -0.4 is 4.90 Å². The first-order chi connectivity index (χ1) is 14.8. The van der Waals surface area contributed by atoms with Gasteiger partial charge in [0.25, 0.3) is 10.0 Å². The van der Waals surface area contributed by atoms with Gasteiger partial charge < -0.3 is 9.80 Å². The SMILES string of the molecule is CN1CC2CN(c3c(F)cc(S(=O)(=O)n4ccc(-c5ccccn5)c4)cc3F)CC2C1. The van der Waals surface area contributed by atoms with Gasteiger partial charge in [-0.3, -0.25) is 4.98 Å². The zero-order valence-electron chi connectivity index (χ0n) is 16.9. The molecule has 0 spiro atoms. The Balaban J connectivity index is 1.44. The van der Waals surface area contributed by atoms with E-state index in [4.69, 9.17) is 0 Å². The molecule has 2 atom stereocenters. The van der Waals surface area contributed by atoms with E-state index in [1.54, 1.807) is 35.4 Å². The molecule has 6 nitrogen and oxygen atoms in total. The predicted molar refractivity (Wildman–Crippen MR) is 113 cm³/mol. The van der Waals surface area contributed by atoms with Crippen LogP contribution in [0.4, 0.5) is 14.5 Å². The van der Waals surface area contributed by atoms with E-state index >= 15 is 0 Å². The van der Waals surface area contributed by atoms with E-state index in [0.717, 1.165) is 29.2 Å². The molecule has 9 heteroatoms. The molecule has 0 aliphatic carbocycles. The van der Waals surface area contributed by atoms with Gasteiger partial charge in [0, 0.05) is 50.3 Å². The number of benzene rings is 1. The van der Waals surface area contributed by atoms with Gasteiger partial charge in [0.05, 0.1) is 10.6 Å². The Kier molecular flexibility index (Phi) is 4.82. The minimum absolute atomic E-state index is 0.141. The lowest BCUT2D eigenvalue weighted by atomic mass is 10.0. The van der Waals surface area contributed by atoms with Crippen LogP contribution in [0.5, 0.6) is 0 Å². The van der Waals surface area contributed by atoms with Crippen LogP contribution in [0.15, 0.2) is 59.9 Å². The second kappa shape index (κ2) is 7.42. The molecule has 2 saturated heterocycles. The normalized spacial score (nSPS) is 21.6. The highest BCUT2D eigenvalue weighted by molar-refractivity contribution is 7.90. The monoisotopic (exact) mass is 444 g/mol. The minimum atomic E-state index is -4.15. The third-order valence-corrected chi connectivity index (χ3v) is 7.79. The molecule has 2 aromatic heterocycles. The van der Waals surface area contributed by atoms with Crippen molar-refractivity contribution in [3.8, 4) is 11.3 Å². The number of fused-ring (bicyclic) bond motifs is 1. The molecule has 2 fully saturated rings. The Morgan fingerprint density at radius 1 is 1.00 bits per heavy atom. The smallest absolute Gasteiger partial charge is 0.267 e. The van der Waals surface area contributed by atoms with E-state index in [-0.39, 0.29) is 5.69 Å². The van der Waals surface area contributed by atoms with Gasteiger partial charge in [0.1, 0.15) is 5.69 Å². The average molecular weight is 445 g/mol. The Labute approximate surface area is 179 Å². The number of likely N-dealkylation sites (tertiary alicyclic amines) is 1. The summed E-state index contributed by atoms with van der Waals surface area (Å²) in [7, 11) is -2.10.